The van der Waals surface area contributed by atoms with Crippen molar-refractivity contribution in [2.45, 2.75) is 45.7 Å². The molecule has 0 radical (unpaired) electrons. The lowest BCUT2D eigenvalue weighted by Crippen LogP contribution is -2.53. The summed E-state index contributed by atoms with van der Waals surface area (Å²) in [6.45, 7) is 4.12. The second kappa shape index (κ2) is 14.3. The van der Waals surface area contributed by atoms with Crippen molar-refractivity contribution in [3.8, 4) is 0 Å². The van der Waals surface area contributed by atoms with E-state index in [1.54, 1.807) is 18.2 Å². The van der Waals surface area contributed by atoms with Crippen LogP contribution in [0.5, 0.6) is 0 Å². The van der Waals surface area contributed by atoms with E-state index in [-0.39, 0.29) is 12.5 Å². The van der Waals surface area contributed by atoms with Gasteiger partial charge >= 0.3 is 0 Å². The van der Waals surface area contributed by atoms with Crippen LogP contribution in [-0.4, -0.2) is 50.5 Å². The molecule has 0 spiro atoms. The van der Waals surface area contributed by atoms with Crippen LogP contribution in [0.3, 0.4) is 0 Å². The normalized spacial score (nSPS) is 12.0. The van der Waals surface area contributed by atoms with Crippen molar-refractivity contribution in [2.75, 3.05) is 23.7 Å². The molecule has 0 bridgehead atoms. The fourth-order valence-electron chi connectivity index (χ4n) is 4.29. The quantitative estimate of drug-likeness (QED) is 0.272. The number of carbonyl (C=O) groups excluding carboxylic acids is 2. The van der Waals surface area contributed by atoms with E-state index in [1.165, 1.54) is 4.90 Å². The Balaban J connectivity index is 2.03. The lowest BCUT2D eigenvalue weighted by molar-refractivity contribution is -0.140. The lowest BCUT2D eigenvalue weighted by atomic mass is 10.0. The third-order valence-electron chi connectivity index (χ3n) is 6.31. The Morgan fingerprint density at radius 3 is 2.28 bits per heavy atom. The van der Waals surface area contributed by atoms with E-state index in [9.17, 15) is 18.0 Å². The van der Waals surface area contributed by atoms with Gasteiger partial charge in [0.2, 0.25) is 21.8 Å². The summed E-state index contributed by atoms with van der Waals surface area (Å²) in [7, 11) is -3.79. The maximum Gasteiger partial charge on any atom is 0.244 e. The van der Waals surface area contributed by atoms with Gasteiger partial charge in [0.25, 0.3) is 0 Å². The number of nitrogens with one attached hydrogen (secondary N) is 1. The van der Waals surface area contributed by atoms with E-state index >= 15 is 0 Å². The van der Waals surface area contributed by atoms with E-state index in [1.807, 2.05) is 74.5 Å². The number of hydrogen-bond acceptors (Lipinski definition) is 4. The number of amides is 2. The molecule has 2 amide bonds. The molecule has 1 atom stereocenters. The van der Waals surface area contributed by atoms with Crippen molar-refractivity contribution >= 4 is 43.5 Å². The molecule has 7 nitrogen and oxygen atoms in total. The lowest BCUT2D eigenvalue weighted by Gasteiger charge is -2.33. The van der Waals surface area contributed by atoms with Gasteiger partial charge in [-0.3, -0.25) is 13.9 Å². The van der Waals surface area contributed by atoms with Gasteiger partial charge in [-0.25, -0.2) is 8.42 Å². The van der Waals surface area contributed by atoms with Crippen molar-refractivity contribution in [1.29, 1.82) is 0 Å². The fourth-order valence-corrected chi connectivity index (χ4v) is 5.58. The minimum atomic E-state index is -3.79. The summed E-state index contributed by atoms with van der Waals surface area (Å²) in [5.41, 5.74) is 2.99. The van der Waals surface area contributed by atoms with Crippen molar-refractivity contribution in [2.24, 2.45) is 0 Å². The molecule has 0 aliphatic heterocycles. The number of carbonyl (C=O) groups is 2. The molecule has 1 N–H and O–H groups in total. The second-order valence-corrected chi connectivity index (χ2v) is 12.4. The topological polar surface area (TPSA) is 86.8 Å². The van der Waals surface area contributed by atoms with E-state index in [2.05, 4.69) is 21.2 Å². The third kappa shape index (κ3) is 9.21. The first-order valence-electron chi connectivity index (χ1n) is 13.0. The summed E-state index contributed by atoms with van der Waals surface area (Å²) in [6.07, 6.45) is 3.12. The van der Waals surface area contributed by atoms with Gasteiger partial charge in [0, 0.05) is 24.0 Å². The monoisotopic (exact) mass is 613 g/mol. The molecule has 9 heteroatoms. The molecule has 0 fully saturated rings. The zero-order chi connectivity index (χ0) is 28.4. The molecule has 0 heterocycles. The molecule has 3 aromatic rings. The summed E-state index contributed by atoms with van der Waals surface area (Å²) < 4.78 is 27.6. The van der Waals surface area contributed by atoms with Crippen LogP contribution in [0.4, 0.5) is 5.69 Å². The van der Waals surface area contributed by atoms with Crippen LogP contribution >= 0.6 is 15.9 Å². The molecule has 0 saturated carbocycles. The van der Waals surface area contributed by atoms with Gasteiger partial charge in [-0.05, 0) is 54.3 Å². The number of nitrogens with zero attached hydrogens (tertiary/aromatic N) is 2. The highest BCUT2D eigenvalue weighted by molar-refractivity contribution is 9.10. The van der Waals surface area contributed by atoms with Crippen LogP contribution < -0.4 is 9.62 Å². The molecular weight excluding hydrogens is 578 g/mol. The Kier molecular flexibility index (Phi) is 11.1. The Morgan fingerprint density at radius 2 is 1.64 bits per heavy atom. The number of anilines is 1. The Bertz CT molecular complexity index is 1370. The highest BCUT2D eigenvalue weighted by Crippen LogP contribution is 2.22. The fraction of sp³-hybridized carbons (Fsp3) is 0.333. The molecule has 0 aliphatic rings. The standard InChI is InChI=1S/C30H36BrN3O4S/c1-4-5-17-32-30(36)28(20-24-12-7-6-8-13-24)33(21-25-14-10-15-26(31)19-25)29(35)22-34(39(3,37)38)27-16-9-11-23(2)18-27/h6-16,18-19,28H,4-5,17,20-22H2,1-3H3,(H,32,36). The number of halogens is 1. The predicted octanol–water partition coefficient (Wildman–Crippen LogP) is 5.08. The van der Waals surface area contributed by atoms with Crippen molar-refractivity contribution < 1.29 is 18.0 Å². The molecule has 208 valence electrons. The van der Waals surface area contributed by atoms with Crippen LogP contribution in [0, 0.1) is 6.92 Å². The molecule has 0 saturated heterocycles. The van der Waals surface area contributed by atoms with Crippen LogP contribution in [0.25, 0.3) is 0 Å². The maximum absolute atomic E-state index is 14.0. The number of benzene rings is 3. The number of rotatable bonds is 13. The molecule has 0 aromatic heterocycles. The Morgan fingerprint density at radius 1 is 0.949 bits per heavy atom. The van der Waals surface area contributed by atoms with Crippen molar-refractivity contribution in [3.63, 3.8) is 0 Å². The van der Waals surface area contributed by atoms with Crippen LogP contribution in [0.1, 0.15) is 36.5 Å². The average molecular weight is 615 g/mol. The number of sulfonamides is 1. The van der Waals surface area contributed by atoms with Gasteiger partial charge in [-0.2, -0.15) is 0 Å². The number of hydrogen-bond donors (Lipinski definition) is 1. The van der Waals surface area contributed by atoms with Gasteiger partial charge in [-0.1, -0.05) is 83.9 Å². The van der Waals surface area contributed by atoms with Crippen LogP contribution in [0.2, 0.25) is 0 Å². The minimum absolute atomic E-state index is 0.141. The molecule has 3 aromatic carbocycles. The second-order valence-electron chi connectivity index (χ2n) is 9.61. The summed E-state index contributed by atoms with van der Waals surface area (Å²) >= 11 is 3.48. The first-order chi connectivity index (χ1) is 18.6. The maximum atomic E-state index is 14.0. The predicted molar refractivity (Wildman–Crippen MR) is 160 cm³/mol. The van der Waals surface area contributed by atoms with Crippen molar-refractivity contribution in [1.82, 2.24) is 10.2 Å². The smallest absolute Gasteiger partial charge is 0.244 e. The summed E-state index contributed by atoms with van der Waals surface area (Å²) in [6, 6.07) is 23.2. The summed E-state index contributed by atoms with van der Waals surface area (Å²) in [4.78, 5) is 29.1. The first-order valence-corrected chi connectivity index (χ1v) is 15.6. The van der Waals surface area contributed by atoms with Gasteiger partial charge in [0.15, 0.2) is 0 Å². The first kappa shape index (κ1) is 30.4. The van der Waals surface area contributed by atoms with Crippen molar-refractivity contribution in [3.05, 3.63) is 100 Å². The van der Waals surface area contributed by atoms with Gasteiger partial charge in [0.05, 0.1) is 11.9 Å². The van der Waals surface area contributed by atoms with E-state index in [0.717, 1.165) is 44.6 Å². The van der Waals surface area contributed by atoms with Crippen LogP contribution in [0.15, 0.2) is 83.3 Å². The average Bonchev–Trinajstić information content (AvgIpc) is 2.89. The Labute approximate surface area is 240 Å². The van der Waals surface area contributed by atoms with Crippen LogP contribution in [-0.2, 0) is 32.6 Å². The third-order valence-corrected chi connectivity index (χ3v) is 7.95. The number of unbranched alkanes of at least 4 members (excludes halogenated alkanes) is 1. The molecule has 39 heavy (non-hydrogen) atoms. The number of aryl methyl sites for hydroxylation is 1. The minimum Gasteiger partial charge on any atom is -0.354 e. The summed E-state index contributed by atoms with van der Waals surface area (Å²) in [5.74, 6) is -0.731. The molecule has 1 unspecified atom stereocenters. The largest absolute Gasteiger partial charge is 0.354 e. The van der Waals surface area contributed by atoms with Gasteiger partial charge in [-0.15, -0.1) is 0 Å². The molecular formula is C30H36BrN3O4S. The van der Waals surface area contributed by atoms with E-state index in [4.69, 9.17) is 0 Å². The van der Waals surface area contributed by atoms with E-state index < -0.39 is 28.5 Å². The SMILES string of the molecule is CCCCNC(=O)C(Cc1ccccc1)N(Cc1cccc(Br)c1)C(=O)CN(c1cccc(C)c1)S(C)(=O)=O. The van der Waals surface area contributed by atoms with E-state index in [0.29, 0.717) is 18.7 Å². The van der Waals surface area contributed by atoms with Gasteiger partial charge in [0.1, 0.15) is 12.6 Å². The Hall–Kier alpha value is -3.17. The molecule has 0 aliphatic carbocycles. The highest BCUT2D eigenvalue weighted by atomic mass is 79.9. The molecule has 3 rings (SSSR count). The summed E-state index contributed by atoms with van der Waals surface area (Å²) in [5, 5.41) is 2.99. The van der Waals surface area contributed by atoms with Gasteiger partial charge < -0.3 is 10.2 Å². The zero-order valence-electron chi connectivity index (χ0n) is 22.6. The highest BCUT2D eigenvalue weighted by Gasteiger charge is 2.33. The zero-order valence-corrected chi connectivity index (χ0v) is 25.0.